The van der Waals surface area contributed by atoms with Crippen molar-refractivity contribution in [2.45, 2.75) is 30.7 Å². The Morgan fingerprint density at radius 3 is 2.62 bits per heavy atom. The van der Waals surface area contributed by atoms with Crippen LogP contribution in [0.25, 0.3) is 0 Å². The Bertz CT molecular complexity index is 750. The number of nitrogens with zero attached hydrogens (tertiary/aromatic N) is 3. The van der Waals surface area contributed by atoms with E-state index >= 15 is 0 Å². The highest BCUT2D eigenvalue weighted by Crippen LogP contribution is 2.43. The maximum Gasteiger partial charge on any atom is 0.314 e. The maximum atomic E-state index is 11.1. The van der Waals surface area contributed by atoms with Crippen molar-refractivity contribution in [2.24, 2.45) is 5.73 Å². The molecule has 2 fully saturated rings. The van der Waals surface area contributed by atoms with Crippen LogP contribution < -0.4 is 11.1 Å². The number of nitrogens with two attached hydrogens (primary N) is 1. The molecule has 2 aromatic rings. The van der Waals surface area contributed by atoms with E-state index in [0.717, 1.165) is 24.9 Å². The number of likely N-dealkylation sites (tertiary alicyclic amines) is 1. The van der Waals surface area contributed by atoms with Gasteiger partial charge in [-0.2, -0.15) is 4.98 Å². The molecule has 1 aliphatic heterocycles. The van der Waals surface area contributed by atoms with E-state index in [1.165, 1.54) is 0 Å². The number of hydrogen-bond acceptors (Lipinski definition) is 5. The lowest BCUT2D eigenvalue weighted by Gasteiger charge is -2.40. The molecule has 1 saturated carbocycles. The average molecular weight is 348 g/mol. The zero-order valence-corrected chi connectivity index (χ0v) is 13.8. The van der Waals surface area contributed by atoms with Gasteiger partial charge in [-0.05, 0) is 43.5 Å². The summed E-state index contributed by atoms with van der Waals surface area (Å²) in [5.41, 5.74) is 5.93. The molecule has 2 heterocycles. The van der Waals surface area contributed by atoms with Gasteiger partial charge in [0, 0.05) is 23.8 Å². The molecule has 0 radical (unpaired) electrons. The molecule has 0 bridgehead atoms. The molecule has 126 valence electrons. The largest absolute Gasteiger partial charge is 0.372 e. The summed E-state index contributed by atoms with van der Waals surface area (Å²) in [4.78, 5) is 17.2. The number of amides is 2. The van der Waals surface area contributed by atoms with Crippen LogP contribution in [-0.2, 0) is 5.54 Å². The van der Waals surface area contributed by atoms with Gasteiger partial charge in [-0.25, -0.2) is 4.79 Å². The summed E-state index contributed by atoms with van der Waals surface area (Å²) in [7, 11) is 0. The lowest BCUT2D eigenvalue weighted by atomic mass is 9.76. The zero-order chi connectivity index (χ0) is 16.7. The van der Waals surface area contributed by atoms with E-state index in [4.69, 9.17) is 21.9 Å². The molecule has 2 aliphatic rings. The summed E-state index contributed by atoms with van der Waals surface area (Å²) in [6, 6.07) is 7.18. The fraction of sp³-hybridized carbons (Fsp3) is 0.438. The Morgan fingerprint density at radius 2 is 2.04 bits per heavy atom. The van der Waals surface area contributed by atoms with Crippen molar-refractivity contribution in [1.82, 2.24) is 15.0 Å². The molecule has 24 heavy (non-hydrogen) atoms. The molecule has 1 aromatic carbocycles. The topological polar surface area (TPSA) is 97.3 Å². The van der Waals surface area contributed by atoms with Crippen LogP contribution in [0.2, 0.25) is 5.02 Å². The summed E-state index contributed by atoms with van der Waals surface area (Å²) in [6.07, 6.45) is 3.02. The fourth-order valence-electron chi connectivity index (χ4n) is 3.15. The monoisotopic (exact) mass is 347 g/mol. The number of benzene rings is 1. The van der Waals surface area contributed by atoms with Gasteiger partial charge in [-0.15, -0.1) is 0 Å². The van der Waals surface area contributed by atoms with Gasteiger partial charge in [0.2, 0.25) is 5.89 Å². The van der Waals surface area contributed by atoms with E-state index in [0.29, 0.717) is 29.8 Å². The molecule has 7 nitrogen and oxygen atoms in total. The van der Waals surface area contributed by atoms with E-state index in [2.05, 4.69) is 15.5 Å². The number of halogens is 1. The molecule has 1 aromatic heterocycles. The SMILES string of the molecule is NC(=O)N1CC(c2nc(C3(Nc4ccc(Cl)cc4)CCC3)no2)C1. The Labute approximate surface area is 144 Å². The van der Waals surface area contributed by atoms with Crippen LogP contribution in [0.4, 0.5) is 10.5 Å². The fourth-order valence-corrected chi connectivity index (χ4v) is 3.28. The number of primary amides is 1. The summed E-state index contributed by atoms with van der Waals surface area (Å²) < 4.78 is 5.43. The Hall–Kier alpha value is -2.28. The zero-order valence-electron chi connectivity index (χ0n) is 13.0. The summed E-state index contributed by atoms with van der Waals surface area (Å²) in [5.74, 6) is 1.33. The second kappa shape index (κ2) is 5.66. The summed E-state index contributed by atoms with van der Waals surface area (Å²) in [5, 5.41) is 8.41. The minimum Gasteiger partial charge on any atom is -0.372 e. The molecular weight excluding hydrogens is 330 g/mol. The summed E-state index contributed by atoms with van der Waals surface area (Å²) in [6.45, 7) is 1.07. The van der Waals surface area contributed by atoms with E-state index in [9.17, 15) is 4.79 Å². The van der Waals surface area contributed by atoms with Gasteiger partial charge in [-0.3, -0.25) is 0 Å². The average Bonchev–Trinajstić information content (AvgIpc) is 2.92. The van der Waals surface area contributed by atoms with Gasteiger partial charge >= 0.3 is 6.03 Å². The first-order valence-corrected chi connectivity index (χ1v) is 8.36. The van der Waals surface area contributed by atoms with Crippen molar-refractivity contribution in [3.05, 3.63) is 41.0 Å². The van der Waals surface area contributed by atoms with Gasteiger partial charge in [-0.1, -0.05) is 16.8 Å². The van der Waals surface area contributed by atoms with Crippen LogP contribution in [0.3, 0.4) is 0 Å². The van der Waals surface area contributed by atoms with Crippen molar-refractivity contribution in [3.8, 4) is 0 Å². The van der Waals surface area contributed by atoms with Gasteiger partial charge in [0.25, 0.3) is 0 Å². The van der Waals surface area contributed by atoms with Gasteiger partial charge in [0.05, 0.1) is 5.92 Å². The smallest absolute Gasteiger partial charge is 0.314 e. The second-order valence-corrected chi connectivity index (χ2v) is 6.90. The predicted molar refractivity (Wildman–Crippen MR) is 88.8 cm³/mol. The molecular formula is C16H18ClN5O2. The molecule has 3 N–H and O–H groups in total. The van der Waals surface area contributed by atoms with Crippen molar-refractivity contribution in [1.29, 1.82) is 0 Å². The number of carbonyl (C=O) groups is 1. The highest BCUT2D eigenvalue weighted by Gasteiger charge is 2.44. The first-order chi connectivity index (χ1) is 11.6. The first-order valence-electron chi connectivity index (χ1n) is 7.98. The number of nitrogens with one attached hydrogen (secondary N) is 1. The molecule has 1 saturated heterocycles. The van der Waals surface area contributed by atoms with Crippen molar-refractivity contribution in [2.75, 3.05) is 18.4 Å². The van der Waals surface area contributed by atoms with Crippen LogP contribution in [0.5, 0.6) is 0 Å². The summed E-state index contributed by atoms with van der Waals surface area (Å²) >= 11 is 5.94. The van der Waals surface area contributed by atoms with E-state index in [-0.39, 0.29) is 11.5 Å². The van der Waals surface area contributed by atoms with Crippen LogP contribution in [0, 0.1) is 0 Å². The first kappa shape index (κ1) is 15.3. The molecule has 2 amide bonds. The lowest BCUT2D eigenvalue weighted by molar-refractivity contribution is 0.144. The Kier molecular flexibility index (Phi) is 3.60. The Balaban J connectivity index is 1.49. The number of urea groups is 1. The number of carbonyl (C=O) groups excluding carboxylic acids is 1. The molecule has 0 spiro atoms. The van der Waals surface area contributed by atoms with Crippen molar-refractivity contribution >= 4 is 23.3 Å². The van der Waals surface area contributed by atoms with E-state index < -0.39 is 6.03 Å². The van der Waals surface area contributed by atoms with Crippen LogP contribution in [-0.4, -0.2) is 34.2 Å². The van der Waals surface area contributed by atoms with Crippen LogP contribution in [0.1, 0.15) is 36.9 Å². The third-order valence-electron chi connectivity index (χ3n) is 4.85. The third-order valence-corrected chi connectivity index (χ3v) is 5.10. The number of anilines is 1. The molecule has 4 rings (SSSR count). The molecule has 1 aliphatic carbocycles. The lowest BCUT2D eigenvalue weighted by Crippen LogP contribution is -2.51. The highest BCUT2D eigenvalue weighted by atomic mass is 35.5. The predicted octanol–water partition coefficient (Wildman–Crippen LogP) is 2.69. The van der Waals surface area contributed by atoms with Crippen LogP contribution in [0.15, 0.2) is 28.8 Å². The van der Waals surface area contributed by atoms with Crippen molar-refractivity contribution in [3.63, 3.8) is 0 Å². The quantitative estimate of drug-likeness (QED) is 0.886. The van der Waals surface area contributed by atoms with Gasteiger partial charge in [0.15, 0.2) is 5.82 Å². The standard InChI is InChI=1S/C16H18ClN5O2/c17-11-2-4-12(5-3-11)20-16(6-1-7-16)14-19-13(24-21-14)10-8-22(9-10)15(18)23/h2-5,10,20H,1,6-9H2,(H2,18,23). The molecule has 8 heteroatoms. The van der Waals surface area contributed by atoms with E-state index in [1.807, 2.05) is 24.3 Å². The van der Waals surface area contributed by atoms with E-state index in [1.54, 1.807) is 4.90 Å². The normalized spacial score (nSPS) is 19.5. The number of hydrogen-bond donors (Lipinski definition) is 2. The molecule has 0 atom stereocenters. The van der Waals surface area contributed by atoms with Gasteiger partial charge < -0.3 is 20.5 Å². The van der Waals surface area contributed by atoms with Crippen molar-refractivity contribution < 1.29 is 9.32 Å². The highest BCUT2D eigenvalue weighted by molar-refractivity contribution is 6.30. The minimum absolute atomic E-state index is 0.0754. The Morgan fingerprint density at radius 1 is 1.33 bits per heavy atom. The molecule has 0 unspecified atom stereocenters. The minimum atomic E-state index is -0.411. The maximum absolute atomic E-state index is 11.1. The second-order valence-electron chi connectivity index (χ2n) is 6.46. The third kappa shape index (κ3) is 2.58. The number of rotatable bonds is 4. The van der Waals surface area contributed by atoms with Gasteiger partial charge in [0.1, 0.15) is 5.54 Å². The number of aromatic nitrogens is 2. The van der Waals surface area contributed by atoms with Crippen LogP contribution >= 0.6 is 11.6 Å².